The van der Waals surface area contributed by atoms with Gasteiger partial charge < -0.3 is 5.32 Å². The second-order valence-electron chi connectivity index (χ2n) is 3.67. The maximum absolute atomic E-state index is 11.5. The van der Waals surface area contributed by atoms with Crippen LogP contribution in [0.25, 0.3) is 11.1 Å². The van der Waals surface area contributed by atoms with Crippen LogP contribution < -0.4 is 5.32 Å². The monoisotopic (exact) mass is 245 g/mol. The van der Waals surface area contributed by atoms with Crippen LogP contribution >= 0.6 is 11.6 Å². The Morgan fingerprint density at radius 1 is 1.06 bits per heavy atom. The van der Waals surface area contributed by atoms with E-state index >= 15 is 0 Å². The molecule has 1 amide bonds. The van der Waals surface area contributed by atoms with Crippen LogP contribution in [0.3, 0.4) is 0 Å². The molecular formula is C14H12ClNO. The molecule has 0 saturated heterocycles. The summed E-state index contributed by atoms with van der Waals surface area (Å²) in [6.45, 7) is 0. The fourth-order valence-electron chi connectivity index (χ4n) is 1.65. The molecule has 0 aliphatic heterocycles. The highest BCUT2D eigenvalue weighted by Gasteiger charge is 2.05. The first-order valence-electron chi connectivity index (χ1n) is 5.29. The van der Waals surface area contributed by atoms with Crippen molar-refractivity contribution in [2.45, 2.75) is 0 Å². The van der Waals surface area contributed by atoms with E-state index < -0.39 is 0 Å². The summed E-state index contributed by atoms with van der Waals surface area (Å²) >= 11 is 5.95. The molecule has 0 unspecified atom stereocenters. The first kappa shape index (κ1) is 11.7. The van der Waals surface area contributed by atoms with Crippen LogP contribution in [-0.2, 0) is 0 Å². The summed E-state index contributed by atoms with van der Waals surface area (Å²) in [7, 11) is 1.62. The Morgan fingerprint density at radius 3 is 2.35 bits per heavy atom. The SMILES string of the molecule is CNC(=O)c1cccc(-c2cccc(Cl)c2)c1. The molecule has 2 nitrogen and oxygen atoms in total. The maximum Gasteiger partial charge on any atom is 0.251 e. The summed E-state index contributed by atoms with van der Waals surface area (Å²) in [5.41, 5.74) is 2.63. The zero-order valence-electron chi connectivity index (χ0n) is 9.41. The lowest BCUT2D eigenvalue weighted by Gasteiger charge is -2.05. The third kappa shape index (κ3) is 2.66. The number of benzene rings is 2. The van der Waals surface area contributed by atoms with Crippen molar-refractivity contribution in [1.82, 2.24) is 5.32 Å². The van der Waals surface area contributed by atoms with E-state index in [0.29, 0.717) is 10.6 Å². The van der Waals surface area contributed by atoms with Crippen LogP contribution in [0.15, 0.2) is 48.5 Å². The molecule has 2 rings (SSSR count). The minimum atomic E-state index is -0.0890. The molecule has 2 aromatic carbocycles. The average molecular weight is 246 g/mol. The second-order valence-corrected chi connectivity index (χ2v) is 4.11. The quantitative estimate of drug-likeness (QED) is 0.864. The first-order chi connectivity index (χ1) is 8.20. The number of hydrogen-bond donors (Lipinski definition) is 1. The molecule has 2 aromatic rings. The van der Waals surface area contributed by atoms with Crippen LogP contribution in [0.5, 0.6) is 0 Å². The van der Waals surface area contributed by atoms with Crippen molar-refractivity contribution in [1.29, 1.82) is 0 Å². The summed E-state index contributed by atoms with van der Waals surface area (Å²) < 4.78 is 0. The Balaban J connectivity index is 2.43. The van der Waals surface area contributed by atoms with E-state index in [1.54, 1.807) is 13.1 Å². The fraction of sp³-hybridized carbons (Fsp3) is 0.0714. The topological polar surface area (TPSA) is 29.1 Å². The van der Waals surface area contributed by atoms with Gasteiger partial charge in [0.05, 0.1) is 0 Å². The Bertz CT molecular complexity index is 551. The first-order valence-corrected chi connectivity index (χ1v) is 5.66. The summed E-state index contributed by atoms with van der Waals surface area (Å²) in [6, 6.07) is 15.0. The minimum Gasteiger partial charge on any atom is -0.355 e. The number of hydrogen-bond acceptors (Lipinski definition) is 1. The molecule has 17 heavy (non-hydrogen) atoms. The standard InChI is InChI=1S/C14H12ClNO/c1-16-14(17)12-6-2-4-10(8-12)11-5-3-7-13(15)9-11/h2-9H,1H3,(H,16,17). The molecule has 0 aromatic heterocycles. The van der Waals surface area contributed by atoms with Crippen molar-refractivity contribution < 1.29 is 4.79 Å². The van der Waals surface area contributed by atoms with E-state index in [1.165, 1.54) is 0 Å². The number of amides is 1. The van der Waals surface area contributed by atoms with E-state index in [9.17, 15) is 4.79 Å². The van der Waals surface area contributed by atoms with Crippen LogP contribution in [-0.4, -0.2) is 13.0 Å². The molecule has 0 saturated carbocycles. The van der Waals surface area contributed by atoms with Crippen LogP contribution in [0, 0.1) is 0 Å². The van der Waals surface area contributed by atoms with E-state index in [-0.39, 0.29) is 5.91 Å². The van der Waals surface area contributed by atoms with Crippen molar-refractivity contribution >= 4 is 17.5 Å². The molecule has 0 bridgehead atoms. The van der Waals surface area contributed by atoms with Gasteiger partial charge in [-0.3, -0.25) is 4.79 Å². The van der Waals surface area contributed by atoms with Gasteiger partial charge in [0, 0.05) is 17.6 Å². The van der Waals surface area contributed by atoms with Gasteiger partial charge in [0.25, 0.3) is 5.91 Å². The molecular weight excluding hydrogens is 234 g/mol. The van der Waals surface area contributed by atoms with Gasteiger partial charge in [-0.15, -0.1) is 0 Å². The smallest absolute Gasteiger partial charge is 0.251 e. The predicted octanol–water partition coefficient (Wildman–Crippen LogP) is 3.37. The summed E-state index contributed by atoms with van der Waals surface area (Å²) in [6.07, 6.45) is 0. The van der Waals surface area contributed by atoms with Gasteiger partial charge in [-0.25, -0.2) is 0 Å². The third-order valence-corrected chi connectivity index (χ3v) is 2.74. The highest BCUT2D eigenvalue weighted by Crippen LogP contribution is 2.23. The number of carbonyl (C=O) groups is 1. The molecule has 0 radical (unpaired) electrons. The van der Waals surface area contributed by atoms with Gasteiger partial charge in [-0.2, -0.15) is 0 Å². The lowest BCUT2D eigenvalue weighted by atomic mass is 10.0. The summed E-state index contributed by atoms with van der Waals surface area (Å²) in [5, 5.41) is 3.29. The van der Waals surface area contributed by atoms with E-state index in [1.807, 2.05) is 42.5 Å². The lowest BCUT2D eigenvalue weighted by molar-refractivity contribution is 0.0963. The molecule has 1 N–H and O–H groups in total. The van der Waals surface area contributed by atoms with Crippen molar-refractivity contribution in [3.8, 4) is 11.1 Å². The molecule has 0 heterocycles. The number of carbonyl (C=O) groups excluding carboxylic acids is 1. The zero-order chi connectivity index (χ0) is 12.3. The molecule has 0 fully saturated rings. The van der Waals surface area contributed by atoms with Crippen LogP contribution in [0.2, 0.25) is 5.02 Å². The summed E-state index contributed by atoms with van der Waals surface area (Å²) in [4.78, 5) is 11.5. The molecule has 0 aliphatic rings. The Labute approximate surface area is 105 Å². The Morgan fingerprint density at radius 2 is 1.71 bits per heavy atom. The van der Waals surface area contributed by atoms with Gasteiger partial charge in [0.1, 0.15) is 0 Å². The van der Waals surface area contributed by atoms with E-state index in [0.717, 1.165) is 11.1 Å². The maximum atomic E-state index is 11.5. The fourth-order valence-corrected chi connectivity index (χ4v) is 1.84. The third-order valence-electron chi connectivity index (χ3n) is 2.51. The number of halogens is 1. The number of rotatable bonds is 2. The molecule has 0 spiro atoms. The molecule has 3 heteroatoms. The van der Waals surface area contributed by atoms with Gasteiger partial charge >= 0.3 is 0 Å². The average Bonchev–Trinajstić information content (AvgIpc) is 2.38. The van der Waals surface area contributed by atoms with Crippen molar-refractivity contribution in [3.63, 3.8) is 0 Å². The summed E-state index contributed by atoms with van der Waals surface area (Å²) in [5.74, 6) is -0.0890. The van der Waals surface area contributed by atoms with Gasteiger partial charge in [0.2, 0.25) is 0 Å². The Hall–Kier alpha value is -1.80. The van der Waals surface area contributed by atoms with Gasteiger partial charge in [-0.05, 0) is 35.4 Å². The van der Waals surface area contributed by atoms with Crippen molar-refractivity contribution in [3.05, 3.63) is 59.1 Å². The van der Waals surface area contributed by atoms with E-state index in [4.69, 9.17) is 11.6 Å². The van der Waals surface area contributed by atoms with Crippen molar-refractivity contribution in [2.24, 2.45) is 0 Å². The molecule has 0 atom stereocenters. The van der Waals surface area contributed by atoms with Gasteiger partial charge in [-0.1, -0.05) is 35.9 Å². The Kier molecular flexibility index (Phi) is 3.45. The number of nitrogens with one attached hydrogen (secondary N) is 1. The van der Waals surface area contributed by atoms with Crippen LogP contribution in [0.1, 0.15) is 10.4 Å². The van der Waals surface area contributed by atoms with Crippen LogP contribution in [0.4, 0.5) is 0 Å². The molecule has 86 valence electrons. The second kappa shape index (κ2) is 5.02. The van der Waals surface area contributed by atoms with Gasteiger partial charge in [0.15, 0.2) is 0 Å². The zero-order valence-corrected chi connectivity index (χ0v) is 10.2. The largest absolute Gasteiger partial charge is 0.355 e. The normalized spacial score (nSPS) is 10.0. The minimum absolute atomic E-state index is 0.0890. The lowest BCUT2D eigenvalue weighted by Crippen LogP contribution is -2.17. The van der Waals surface area contributed by atoms with E-state index in [2.05, 4.69) is 5.32 Å². The van der Waals surface area contributed by atoms with Crippen molar-refractivity contribution in [2.75, 3.05) is 7.05 Å². The predicted molar refractivity (Wildman–Crippen MR) is 70.3 cm³/mol. The molecule has 0 aliphatic carbocycles. The highest BCUT2D eigenvalue weighted by molar-refractivity contribution is 6.30. The highest BCUT2D eigenvalue weighted by atomic mass is 35.5.